The molecule has 2 aliphatic heterocycles. The number of carbonyl (C=O) groups is 3. The van der Waals surface area contributed by atoms with Crippen LogP contribution in [0.15, 0.2) is 41.5 Å². The molecule has 0 aliphatic carbocycles. The molecule has 3 atom stereocenters. The third-order valence-electron chi connectivity index (χ3n) is 5.81. The van der Waals surface area contributed by atoms with Crippen LogP contribution in [-0.2, 0) is 9.59 Å². The van der Waals surface area contributed by atoms with Gasteiger partial charge in [-0.2, -0.15) is 0 Å². The van der Waals surface area contributed by atoms with Crippen LogP contribution in [0.2, 0.25) is 0 Å². The van der Waals surface area contributed by atoms with Gasteiger partial charge in [-0.1, -0.05) is 0 Å². The number of β-lactam (4-membered cyclic amide) rings is 1. The number of aliphatic imine (C=N–C) groups is 1. The predicted molar refractivity (Wildman–Crippen MR) is 118 cm³/mol. The molecule has 1 aromatic carbocycles. The van der Waals surface area contributed by atoms with E-state index < -0.39 is 61.4 Å². The molecule has 1 fully saturated rings. The van der Waals surface area contributed by atoms with Crippen LogP contribution in [0.4, 0.5) is 19.4 Å². The van der Waals surface area contributed by atoms with Gasteiger partial charge in [-0.25, -0.2) is 0 Å². The van der Waals surface area contributed by atoms with Crippen molar-refractivity contribution >= 4 is 27.3 Å². The molecule has 10 nitrogen and oxygen atoms in total. The predicted octanol–water partition coefficient (Wildman–Crippen LogP) is 0.414. The van der Waals surface area contributed by atoms with Gasteiger partial charge in [0, 0.05) is 0 Å². The molecule has 2 aromatic rings. The summed E-state index contributed by atoms with van der Waals surface area (Å²) in [5.41, 5.74) is 7.10. The maximum atomic E-state index is 13.4. The number of halogens is 3. The van der Waals surface area contributed by atoms with Gasteiger partial charge >= 0.3 is 215 Å². The number of anilines is 1. The number of alkyl halides is 2. The fraction of sp³-hybridized carbons (Fsp3) is 0.348. The topological polar surface area (TPSA) is 144 Å². The van der Waals surface area contributed by atoms with E-state index in [1.54, 1.807) is 19.1 Å². The number of amides is 2. The summed E-state index contributed by atoms with van der Waals surface area (Å²) in [6, 6.07) is 6.17. The van der Waals surface area contributed by atoms with Gasteiger partial charge in [0.1, 0.15) is 0 Å². The molecule has 2 amide bonds. The number of carboxylic acid groups (broad SMARTS) is 1. The summed E-state index contributed by atoms with van der Waals surface area (Å²) in [5, 5.41) is 9.78. The van der Waals surface area contributed by atoms with Crippen LogP contribution in [0, 0.1) is 5.92 Å². The van der Waals surface area contributed by atoms with Gasteiger partial charge in [-0.05, 0) is 0 Å². The van der Waals surface area contributed by atoms with Crippen molar-refractivity contribution in [3.05, 3.63) is 47.7 Å². The SMILES string of the molecule is CCCC(=NC(=O)[I-]N1C(=O)[C@H]([C@@H](C)c2ccnc(N)c2)[C@H]1C(=O)O)c1ccc2c(c1)OC(F)(F)O2. The van der Waals surface area contributed by atoms with Crippen molar-refractivity contribution < 1.29 is 59.2 Å². The normalized spacial score (nSPS) is 21.3. The van der Waals surface area contributed by atoms with Crippen molar-refractivity contribution in [3.63, 3.8) is 0 Å². The number of carbonyl (C=O) groups excluding carboxylic acids is 2. The van der Waals surface area contributed by atoms with E-state index in [4.69, 9.17) is 5.73 Å². The number of benzene rings is 1. The van der Waals surface area contributed by atoms with E-state index in [0.29, 0.717) is 29.7 Å². The van der Waals surface area contributed by atoms with E-state index in [0.717, 1.165) is 3.11 Å². The summed E-state index contributed by atoms with van der Waals surface area (Å²) in [6.45, 7) is 3.58. The van der Waals surface area contributed by atoms with E-state index in [1.807, 2.05) is 6.92 Å². The Kier molecular flexibility index (Phi) is 7.11. The Morgan fingerprint density at radius 3 is 2.67 bits per heavy atom. The first kappa shape index (κ1) is 25.7. The number of fused-ring (bicyclic) bond motifs is 1. The van der Waals surface area contributed by atoms with E-state index in [2.05, 4.69) is 19.5 Å². The van der Waals surface area contributed by atoms with Crippen molar-refractivity contribution in [2.45, 2.75) is 44.9 Å². The van der Waals surface area contributed by atoms with Crippen LogP contribution in [0.25, 0.3) is 0 Å². The second-order valence-corrected chi connectivity index (χ2v) is 10.7. The number of hydrogen-bond acceptors (Lipinski definition) is 7. The second kappa shape index (κ2) is 9.95. The number of carboxylic acids is 1. The molecule has 1 aromatic heterocycles. The molecule has 36 heavy (non-hydrogen) atoms. The number of hydrogen-bond donors (Lipinski definition) is 2. The Morgan fingerprint density at radius 2 is 2.00 bits per heavy atom. The van der Waals surface area contributed by atoms with E-state index in [1.165, 1.54) is 24.4 Å². The number of nitrogen functional groups attached to an aromatic ring is 1. The number of pyridine rings is 1. The zero-order valence-corrected chi connectivity index (χ0v) is 21.3. The Bertz CT molecular complexity index is 1260. The van der Waals surface area contributed by atoms with Crippen LogP contribution >= 0.6 is 0 Å². The summed E-state index contributed by atoms with van der Waals surface area (Å²) in [6.07, 6.45) is -1.34. The second-order valence-electron chi connectivity index (χ2n) is 8.24. The van der Waals surface area contributed by atoms with Gasteiger partial charge < -0.3 is 0 Å². The molecule has 2 aliphatic rings. The molecule has 0 unspecified atom stereocenters. The first-order valence-electron chi connectivity index (χ1n) is 10.9. The summed E-state index contributed by atoms with van der Waals surface area (Å²) >= 11 is -1.75. The average molecular weight is 615 g/mol. The maximum absolute atomic E-state index is 13.4. The Morgan fingerprint density at radius 1 is 1.28 bits per heavy atom. The quantitative estimate of drug-likeness (QED) is 0.109. The Balaban J connectivity index is 1.52. The van der Waals surface area contributed by atoms with Crippen LogP contribution in [0.3, 0.4) is 0 Å². The standard InChI is InChI=1S/C23H22F2IN4O6/c1-3-4-14(13-5-6-15-16(9-13)36-23(24,25)35-15)29-22(34)26-30-19(21(32)33)18(20(30)31)11(2)12-7-8-28-17(27)10-12/h5-11,18-19H,3-4H2,1-2H3,(H2,27,28)(H,32,33)/q-1/t11-,18+,19-/m0/s1. The monoisotopic (exact) mass is 615 g/mol. The molecule has 192 valence electrons. The number of nitrogens with zero attached hydrogens (tertiary/aromatic N) is 3. The van der Waals surface area contributed by atoms with Gasteiger partial charge in [0.15, 0.2) is 0 Å². The summed E-state index contributed by atoms with van der Waals surface area (Å²) < 4.78 is 36.0. The summed E-state index contributed by atoms with van der Waals surface area (Å²) in [7, 11) is 0. The van der Waals surface area contributed by atoms with Crippen LogP contribution in [-0.4, -0.2) is 47.0 Å². The van der Waals surface area contributed by atoms with Gasteiger partial charge in [0.2, 0.25) is 0 Å². The molecule has 3 heterocycles. The molecule has 0 bridgehead atoms. The zero-order valence-electron chi connectivity index (χ0n) is 19.2. The third kappa shape index (κ3) is 5.10. The van der Waals surface area contributed by atoms with E-state index >= 15 is 0 Å². The van der Waals surface area contributed by atoms with Gasteiger partial charge in [0.25, 0.3) is 0 Å². The van der Waals surface area contributed by atoms with Crippen molar-refractivity contribution in [2.24, 2.45) is 10.9 Å². The first-order valence-corrected chi connectivity index (χ1v) is 13.0. The minimum atomic E-state index is -3.77. The van der Waals surface area contributed by atoms with Crippen LogP contribution in [0.1, 0.15) is 43.7 Å². The number of rotatable bonds is 8. The van der Waals surface area contributed by atoms with Gasteiger partial charge in [-0.15, -0.1) is 0 Å². The molecule has 3 N–H and O–H groups in total. The van der Waals surface area contributed by atoms with Crippen molar-refractivity contribution in [2.75, 3.05) is 5.73 Å². The Hall–Kier alpha value is -3.36. The Labute approximate surface area is 215 Å². The first-order chi connectivity index (χ1) is 17.0. The molecular formula is C23H22F2IN4O6-. The summed E-state index contributed by atoms with van der Waals surface area (Å²) in [4.78, 5) is 45.8. The van der Waals surface area contributed by atoms with Gasteiger partial charge in [-0.3, -0.25) is 0 Å². The summed E-state index contributed by atoms with van der Waals surface area (Å²) in [5.74, 6) is -3.02. The van der Waals surface area contributed by atoms with E-state index in [-0.39, 0.29) is 17.3 Å². The zero-order chi connectivity index (χ0) is 26.2. The minimum absolute atomic E-state index is 0.134. The molecule has 0 radical (unpaired) electrons. The number of aromatic nitrogens is 1. The van der Waals surface area contributed by atoms with Gasteiger partial charge in [0.05, 0.1) is 0 Å². The molecule has 0 spiro atoms. The van der Waals surface area contributed by atoms with Crippen LogP contribution < -0.4 is 36.7 Å². The molecule has 1 saturated heterocycles. The van der Waals surface area contributed by atoms with E-state index in [9.17, 15) is 28.3 Å². The fourth-order valence-electron chi connectivity index (χ4n) is 4.09. The van der Waals surface area contributed by atoms with Crippen molar-refractivity contribution in [1.82, 2.24) is 8.10 Å². The number of ether oxygens (including phenoxy) is 2. The fourth-order valence-corrected chi connectivity index (χ4v) is 6.38. The number of aliphatic carboxylic acids is 1. The average Bonchev–Trinajstić information content (AvgIpc) is 3.12. The van der Waals surface area contributed by atoms with Crippen molar-refractivity contribution in [1.29, 1.82) is 0 Å². The van der Waals surface area contributed by atoms with Crippen molar-refractivity contribution in [3.8, 4) is 11.5 Å². The third-order valence-corrected chi connectivity index (χ3v) is 8.06. The van der Waals surface area contributed by atoms with Crippen LogP contribution in [0.5, 0.6) is 11.5 Å². The molecule has 13 heteroatoms. The molecule has 4 rings (SSSR count). The number of nitrogens with two attached hydrogens (primary N) is 1. The molecule has 0 saturated carbocycles. The molecular weight excluding hydrogens is 593 g/mol.